The third-order valence-electron chi connectivity index (χ3n) is 5.03. The molecule has 158 valence electrons. The number of rotatable bonds is 9. The maximum absolute atomic E-state index is 10.2. The quantitative estimate of drug-likeness (QED) is 0.352. The second-order valence-electron chi connectivity index (χ2n) is 6.91. The number of aryl methyl sites for hydroxylation is 1. The van der Waals surface area contributed by atoms with Crippen molar-refractivity contribution in [1.29, 1.82) is 0 Å². The molecule has 2 aromatic rings. The molecule has 0 N–H and O–H groups in total. The van der Waals surface area contributed by atoms with E-state index in [4.69, 9.17) is 14.5 Å². The fraction of sp³-hybridized carbons (Fsp3) is 0.579. The lowest BCUT2D eigenvalue weighted by Crippen LogP contribution is -2.47. The number of anilines is 1. The van der Waals surface area contributed by atoms with Crippen molar-refractivity contribution in [3.63, 3.8) is 0 Å². The molecule has 0 bridgehead atoms. The van der Waals surface area contributed by atoms with Crippen molar-refractivity contribution < 1.29 is 19.4 Å². The molecule has 10 nitrogen and oxygen atoms in total. The fourth-order valence-electron chi connectivity index (χ4n) is 3.55. The third kappa shape index (κ3) is 5.14. The Bertz CT molecular complexity index is 854. The summed E-state index contributed by atoms with van der Waals surface area (Å²) in [7, 11) is 3.23. The van der Waals surface area contributed by atoms with Crippen molar-refractivity contribution in [3.05, 3.63) is 28.1 Å². The molecular formula is C19H27N5O5. The normalized spacial score (nSPS) is 14.8. The molecule has 1 fully saturated rings. The molecule has 1 aliphatic heterocycles. The van der Waals surface area contributed by atoms with Gasteiger partial charge in [-0.05, 0) is 32.4 Å². The zero-order chi connectivity index (χ0) is 20.8. The lowest BCUT2D eigenvalue weighted by Gasteiger charge is -2.36. The Morgan fingerprint density at radius 3 is 2.41 bits per heavy atom. The van der Waals surface area contributed by atoms with Gasteiger partial charge >= 0.3 is 0 Å². The highest BCUT2D eigenvalue weighted by Gasteiger charge is 2.21. The number of methoxy groups -OCH3 is 2. The Labute approximate surface area is 169 Å². The number of unbranched alkanes of at least 4 members (excludes halogenated alkanes) is 1. The summed E-state index contributed by atoms with van der Waals surface area (Å²) in [6.07, 6.45) is 1.55. The molecule has 1 aromatic carbocycles. The van der Waals surface area contributed by atoms with Crippen LogP contribution < -0.4 is 14.4 Å². The van der Waals surface area contributed by atoms with Crippen LogP contribution in [0.3, 0.4) is 0 Å². The summed E-state index contributed by atoms with van der Waals surface area (Å²) in [6.45, 7) is 6.48. The number of piperazine rings is 1. The molecule has 1 saturated heterocycles. The molecule has 1 aromatic heterocycles. The number of benzene rings is 1. The van der Waals surface area contributed by atoms with Crippen LogP contribution in [-0.2, 0) is 4.84 Å². The first-order chi connectivity index (χ1) is 14.0. The first-order valence-electron chi connectivity index (χ1n) is 9.67. The number of nitrogens with zero attached hydrogens (tertiary/aromatic N) is 5. The minimum absolute atomic E-state index is 0.157. The molecule has 29 heavy (non-hydrogen) atoms. The second-order valence-corrected chi connectivity index (χ2v) is 6.91. The molecule has 0 aliphatic carbocycles. The van der Waals surface area contributed by atoms with Crippen molar-refractivity contribution in [2.75, 3.05) is 58.5 Å². The monoisotopic (exact) mass is 405 g/mol. The smallest absolute Gasteiger partial charge is 0.294 e. The summed E-state index contributed by atoms with van der Waals surface area (Å²) in [5, 5.41) is 10.4. The van der Waals surface area contributed by atoms with Gasteiger partial charge in [0.1, 0.15) is 11.6 Å². The van der Waals surface area contributed by atoms with Gasteiger partial charge in [0.2, 0.25) is 0 Å². The van der Waals surface area contributed by atoms with E-state index in [2.05, 4.69) is 19.6 Å². The molecule has 0 unspecified atom stereocenters. The van der Waals surface area contributed by atoms with Gasteiger partial charge in [0.25, 0.3) is 5.09 Å². The van der Waals surface area contributed by atoms with Crippen LogP contribution in [0.15, 0.2) is 12.1 Å². The lowest BCUT2D eigenvalue weighted by atomic mass is 10.1. The molecule has 0 atom stereocenters. The Morgan fingerprint density at radius 2 is 1.76 bits per heavy atom. The largest absolute Gasteiger partial charge is 0.493 e. The van der Waals surface area contributed by atoms with Gasteiger partial charge in [0.15, 0.2) is 11.5 Å². The van der Waals surface area contributed by atoms with E-state index in [9.17, 15) is 10.1 Å². The van der Waals surface area contributed by atoms with Crippen molar-refractivity contribution >= 4 is 16.7 Å². The van der Waals surface area contributed by atoms with Gasteiger partial charge in [-0.1, -0.05) is 0 Å². The first kappa shape index (κ1) is 20.8. The van der Waals surface area contributed by atoms with Gasteiger partial charge in [0, 0.05) is 37.6 Å². The molecule has 0 amide bonds. The molecule has 0 radical (unpaired) electrons. The summed E-state index contributed by atoms with van der Waals surface area (Å²) >= 11 is 0. The third-order valence-corrected chi connectivity index (χ3v) is 5.03. The predicted molar refractivity (Wildman–Crippen MR) is 108 cm³/mol. The topological polar surface area (TPSA) is 103 Å². The predicted octanol–water partition coefficient (Wildman–Crippen LogP) is 2.07. The number of aromatic nitrogens is 2. The lowest BCUT2D eigenvalue weighted by molar-refractivity contribution is -0.757. The minimum atomic E-state index is -0.739. The molecule has 3 rings (SSSR count). The highest BCUT2D eigenvalue weighted by atomic mass is 16.9. The number of fused-ring (bicyclic) bond motifs is 1. The van der Waals surface area contributed by atoms with Crippen LogP contribution in [0.25, 0.3) is 10.9 Å². The van der Waals surface area contributed by atoms with E-state index < -0.39 is 5.09 Å². The van der Waals surface area contributed by atoms with Crippen molar-refractivity contribution in [2.45, 2.75) is 19.8 Å². The number of ether oxygens (including phenoxy) is 2. The Morgan fingerprint density at radius 1 is 1.07 bits per heavy atom. The van der Waals surface area contributed by atoms with Crippen molar-refractivity contribution in [2.24, 2.45) is 0 Å². The van der Waals surface area contributed by atoms with Gasteiger partial charge in [-0.2, -0.15) is 0 Å². The van der Waals surface area contributed by atoms with Gasteiger partial charge < -0.3 is 19.2 Å². The maximum Gasteiger partial charge on any atom is 0.294 e. The van der Waals surface area contributed by atoms with Gasteiger partial charge in [0.05, 0.1) is 26.3 Å². The SMILES string of the molecule is COc1cc2nc(C)nc(N3CCN(CCCCO[N+](=O)[O-])CC3)c2cc1OC. The van der Waals surface area contributed by atoms with Crippen molar-refractivity contribution in [1.82, 2.24) is 14.9 Å². The Balaban J connectivity index is 1.66. The van der Waals surface area contributed by atoms with E-state index in [-0.39, 0.29) is 6.61 Å². The summed E-state index contributed by atoms with van der Waals surface area (Å²) in [4.78, 5) is 28.4. The Hall–Kier alpha value is -2.88. The van der Waals surface area contributed by atoms with Crippen LogP contribution >= 0.6 is 0 Å². The standard InChI is InChI=1S/C19H27N5O5/c1-14-20-16-13-18(28-3)17(27-2)12-15(16)19(21-14)23-9-7-22(8-10-23)6-4-5-11-29-24(25)26/h12-13H,4-11H2,1-3H3. The average molecular weight is 405 g/mol. The van der Waals surface area contributed by atoms with Crippen LogP contribution in [0.5, 0.6) is 11.5 Å². The summed E-state index contributed by atoms with van der Waals surface area (Å²) in [6, 6.07) is 3.82. The van der Waals surface area contributed by atoms with Crippen LogP contribution in [0, 0.1) is 17.0 Å². The summed E-state index contributed by atoms with van der Waals surface area (Å²) in [5.74, 6) is 2.93. The summed E-state index contributed by atoms with van der Waals surface area (Å²) in [5.41, 5.74) is 0.832. The highest BCUT2D eigenvalue weighted by Crippen LogP contribution is 2.35. The molecule has 0 saturated carbocycles. The van der Waals surface area contributed by atoms with Gasteiger partial charge in [-0.3, -0.25) is 4.90 Å². The number of hydrogen-bond donors (Lipinski definition) is 0. The van der Waals surface area contributed by atoms with E-state index in [1.807, 2.05) is 19.1 Å². The molecule has 2 heterocycles. The van der Waals surface area contributed by atoms with Crippen LogP contribution in [0.2, 0.25) is 0 Å². The van der Waals surface area contributed by atoms with E-state index in [0.29, 0.717) is 23.7 Å². The first-order valence-corrected chi connectivity index (χ1v) is 9.67. The van der Waals surface area contributed by atoms with E-state index in [1.165, 1.54) is 0 Å². The van der Waals surface area contributed by atoms with E-state index in [1.54, 1.807) is 14.2 Å². The van der Waals surface area contributed by atoms with E-state index >= 15 is 0 Å². The number of hydrogen-bond acceptors (Lipinski definition) is 9. The van der Waals surface area contributed by atoms with E-state index in [0.717, 1.165) is 55.9 Å². The zero-order valence-corrected chi connectivity index (χ0v) is 17.1. The molecule has 1 aliphatic rings. The Kier molecular flexibility index (Phi) is 6.86. The van der Waals surface area contributed by atoms with Crippen LogP contribution in [0.1, 0.15) is 18.7 Å². The maximum atomic E-state index is 10.2. The fourth-order valence-corrected chi connectivity index (χ4v) is 3.55. The summed E-state index contributed by atoms with van der Waals surface area (Å²) < 4.78 is 10.9. The van der Waals surface area contributed by atoms with Crippen LogP contribution in [0.4, 0.5) is 5.82 Å². The highest BCUT2D eigenvalue weighted by molar-refractivity contribution is 5.92. The molecular weight excluding hydrogens is 378 g/mol. The van der Waals surface area contributed by atoms with Gasteiger partial charge in [-0.25, -0.2) is 9.97 Å². The molecule has 0 spiro atoms. The van der Waals surface area contributed by atoms with Gasteiger partial charge in [-0.15, -0.1) is 10.1 Å². The average Bonchev–Trinajstić information content (AvgIpc) is 2.72. The molecule has 10 heteroatoms. The minimum Gasteiger partial charge on any atom is -0.493 e. The van der Waals surface area contributed by atoms with Crippen molar-refractivity contribution in [3.8, 4) is 11.5 Å². The van der Waals surface area contributed by atoms with Crippen LogP contribution in [-0.4, -0.2) is 73.5 Å². The second kappa shape index (κ2) is 9.55. The zero-order valence-electron chi connectivity index (χ0n) is 17.1.